The first-order valence-electron chi connectivity index (χ1n) is 4.27. The largest absolute Gasteiger partial charge is 0.416 e. The summed E-state index contributed by atoms with van der Waals surface area (Å²) in [5.41, 5.74) is -0.570. The third-order valence-corrected chi connectivity index (χ3v) is 2.55. The Kier molecular flexibility index (Phi) is 2.92. The number of tetrazole rings is 1. The van der Waals surface area contributed by atoms with Crippen molar-refractivity contribution in [3.8, 4) is 5.69 Å². The van der Waals surface area contributed by atoms with Gasteiger partial charge in [-0.2, -0.15) is 18.4 Å². The summed E-state index contributed by atoms with van der Waals surface area (Å²) in [7, 11) is 0. The molecule has 0 amide bonds. The summed E-state index contributed by atoms with van der Waals surface area (Å²) in [5.74, 6) is 0. The molecule has 0 aliphatic rings. The van der Waals surface area contributed by atoms with Crippen LogP contribution in [0.4, 0.5) is 13.2 Å². The van der Waals surface area contributed by atoms with Crippen molar-refractivity contribution in [2.45, 2.75) is 6.18 Å². The van der Waals surface area contributed by atoms with Crippen LogP contribution in [-0.2, 0) is 6.18 Å². The third kappa shape index (κ3) is 2.32. The monoisotopic (exact) mass is 280 g/mol. The molecule has 0 saturated heterocycles. The normalized spacial score (nSPS) is 11.8. The Hall–Kier alpha value is -1.41. The molecule has 0 aliphatic heterocycles. The molecular weight excluding hydrogens is 277 g/mol. The van der Waals surface area contributed by atoms with Gasteiger partial charge >= 0.3 is 6.18 Å². The van der Waals surface area contributed by atoms with Gasteiger partial charge in [0.25, 0.3) is 0 Å². The van der Waals surface area contributed by atoms with Crippen molar-refractivity contribution in [2.75, 3.05) is 0 Å². The molecule has 0 saturated carbocycles. The Morgan fingerprint density at radius 1 is 1.35 bits per heavy atom. The molecule has 90 valence electrons. The van der Waals surface area contributed by atoms with Crippen molar-refractivity contribution < 1.29 is 13.2 Å². The maximum atomic E-state index is 12.4. The Morgan fingerprint density at radius 2 is 2.06 bits per heavy atom. The van der Waals surface area contributed by atoms with Crippen LogP contribution in [0, 0.1) is 4.77 Å². The number of aromatic nitrogens is 4. The fourth-order valence-electron chi connectivity index (χ4n) is 1.22. The van der Waals surface area contributed by atoms with Crippen LogP contribution >= 0.6 is 23.8 Å². The Morgan fingerprint density at radius 3 is 2.53 bits per heavy atom. The van der Waals surface area contributed by atoms with E-state index in [1.807, 2.05) is 0 Å². The van der Waals surface area contributed by atoms with Crippen molar-refractivity contribution in [1.82, 2.24) is 20.2 Å². The lowest BCUT2D eigenvalue weighted by atomic mass is 10.2. The van der Waals surface area contributed by atoms with Crippen LogP contribution in [0.3, 0.4) is 0 Å². The molecule has 17 heavy (non-hydrogen) atoms. The minimum atomic E-state index is -4.43. The molecule has 0 atom stereocenters. The highest BCUT2D eigenvalue weighted by molar-refractivity contribution is 7.71. The SMILES string of the molecule is FC(F)(F)c1ccc(-n2[nH]nnc2=S)c(Cl)c1. The van der Waals surface area contributed by atoms with E-state index in [4.69, 9.17) is 23.8 Å². The molecular formula is C8H4ClF3N4S. The molecule has 2 aromatic rings. The number of nitrogens with zero attached hydrogens (tertiary/aromatic N) is 3. The van der Waals surface area contributed by atoms with Gasteiger partial charge in [0.1, 0.15) is 0 Å². The lowest BCUT2D eigenvalue weighted by molar-refractivity contribution is -0.137. The second-order valence-electron chi connectivity index (χ2n) is 3.08. The number of nitrogens with one attached hydrogen (secondary N) is 1. The van der Waals surface area contributed by atoms with Gasteiger partial charge in [-0.1, -0.05) is 21.9 Å². The fourth-order valence-corrected chi connectivity index (χ4v) is 1.66. The summed E-state index contributed by atoms with van der Waals surface area (Å²) >= 11 is 10.6. The third-order valence-electron chi connectivity index (χ3n) is 1.99. The van der Waals surface area contributed by atoms with E-state index >= 15 is 0 Å². The maximum absolute atomic E-state index is 12.4. The van der Waals surface area contributed by atoms with E-state index in [9.17, 15) is 13.2 Å². The number of hydrogen-bond acceptors (Lipinski definition) is 3. The Balaban J connectivity index is 2.54. The van der Waals surface area contributed by atoms with Crippen molar-refractivity contribution in [3.05, 3.63) is 33.6 Å². The lowest BCUT2D eigenvalue weighted by Gasteiger charge is -2.09. The van der Waals surface area contributed by atoms with Gasteiger partial charge < -0.3 is 0 Å². The predicted octanol–water partition coefficient (Wildman–Crippen LogP) is 3.00. The van der Waals surface area contributed by atoms with Crippen molar-refractivity contribution in [1.29, 1.82) is 0 Å². The minimum absolute atomic E-state index is 0.0756. The summed E-state index contributed by atoms with van der Waals surface area (Å²) in [6.07, 6.45) is -4.43. The van der Waals surface area contributed by atoms with E-state index in [1.54, 1.807) is 0 Å². The summed E-state index contributed by atoms with van der Waals surface area (Å²) in [5, 5.41) is 9.22. The summed E-state index contributed by atoms with van der Waals surface area (Å²) in [4.78, 5) is 0. The van der Waals surface area contributed by atoms with Gasteiger partial charge in [0.15, 0.2) is 0 Å². The zero-order chi connectivity index (χ0) is 12.6. The smallest absolute Gasteiger partial charge is 0.208 e. The van der Waals surface area contributed by atoms with E-state index in [-0.39, 0.29) is 15.5 Å². The number of halogens is 4. The number of hydrogen-bond donors (Lipinski definition) is 1. The zero-order valence-corrected chi connectivity index (χ0v) is 9.57. The predicted molar refractivity (Wildman–Crippen MR) is 56.6 cm³/mol. The quantitative estimate of drug-likeness (QED) is 0.817. The fraction of sp³-hybridized carbons (Fsp3) is 0.125. The summed E-state index contributed by atoms with van der Waals surface area (Å²) < 4.78 is 38.5. The van der Waals surface area contributed by atoms with Gasteiger partial charge in [-0.25, -0.2) is 4.68 Å². The number of H-pyrrole nitrogens is 1. The second-order valence-corrected chi connectivity index (χ2v) is 3.85. The molecule has 2 rings (SSSR count). The van der Waals surface area contributed by atoms with Gasteiger partial charge in [0.2, 0.25) is 4.77 Å². The lowest BCUT2D eigenvalue weighted by Crippen LogP contribution is -2.06. The van der Waals surface area contributed by atoms with E-state index in [0.717, 1.165) is 12.1 Å². The van der Waals surface area contributed by atoms with Gasteiger partial charge in [-0.3, -0.25) is 0 Å². The molecule has 0 aliphatic carbocycles. The molecule has 1 aromatic carbocycles. The summed E-state index contributed by atoms with van der Waals surface area (Å²) in [6, 6.07) is 2.92. The van der Waals surface area contributed by atoms with E-state index in [0.29, 0.717) is 0 Å². The summed E-state index contributed by atoms with van der Waals surface area (Å²) in [6.45, 7) is 0. The molecule has 0 fully saturated rings. The maximum Gasteiger partial charge on any atom is 0.416 e. The highest BCUT2D eigenvalue weighted by atomic mass is 35.5. The highest BCUT2D eigenvalue weighted by Gasteiger charge is 2.31. The highest BCUT2D eigenvalue weighted by Crippen LogP contribution is 2.32. The number of aromatic amines is 1. The van der Waals surface area contributed by atoms with Crippen LogP contribution in [0.1, 0.15) is 5.56 Å². The van der Waals surface area contributed by atoms with E-state index < -0.39 is 11.7 Å². The van der Waals surface area contributed by atoms with Crippen LogP contribution in [0.2, 0.25) is 5.02 Å². The number of alkyl halides is 3. The standard InChI is InChI=1S/C8H4ClF3N4S/c9-5-3-4(8(10,11)12)1-2-6(5)16-7(17)13-14-15-16/h1-3H,(H,13,15,17). The minimum Gasteiger partial charge on any atom is -0.208 e. The number of benzene rings is 1. The first kappa shape index (κ1) is 12.1. The average molecular weight is 281 g/mol. The van der Waals surface area contributed by atoms with Crippen LogP contribution in [0.25, 0.3) is 5.69 Å². The van der Waals surface area contributed by atoms with Crippen molar-refractivity contribution in [2.24, 2.45) is 0 Å². The first-order chi connectivity index (χ1) is 7.89. The van der Waals surface area contributed by atoms with Crippen LogP contribution in [-0.4, -0.2) is 20.2 Å². The van der Waals surface area contributed by atoms with Gasteiger partial charge in [0.05, 0.1) is 16.3 Å². The van der Waals surface area contributed by atoms with E-state index in [1.165, 1.54) is 10.7 Å². The van der Waals surface area contributed by atoms with Gasteiger partial charge in [-0.05, 0) is 30.4 Å². The Bertz CT molecular complexity index is 603. The van der Waals surface area contributed by atoms with Crippen molar-refractivity contribution in [3.63, 3.8) is 0 Å². The van der Waals surface area contributed by atoms with Gasteiger partial charge in [0, 0.05) is 0 Å². The molecule has 1 aromatic heterocycles. The second kappa shape index (κ2) is 4.11. The van der Waals surface area contributed by atoms with Crippen LogP contribution in [0.15, 0.2) is 18.2 Å². The van der Waals surface area contributed by atoms with Crippen molar-refractivity contribution >= 4 is 23.8 Å². The molecule has 1 N–H and O–H groups in total. The van der Waals surface area contributed by atoms with Crippen LogP contribution in [0.5, 0.6) is 0 Å². The zero-order valence-electron chi connectivity index (χ0n) is 7.99. The van der Waals surface area contributed by atoms with Gasteiger partial charge in [-0.15, -0.1) is 0 Å². The molecule has 0 bridgehead atoms. The van der Waals surface area contributed by atoms with Crippen LogP contribution < -0.4 is 0 Å². The Labute approximate surface area is 103 Å². The van der Waals surface area contributed by atoms with E-state index in [2.05, 4.69) is 15.5 Å². The molecule has 0 unspecified atom stereocenters. The molecule has 9 heteroatoms. The topological polar surface area (TPSA) is 46.5 Å². The first-order valence-corrected chi connectivity index (χ1v) is 5.05. The average Bonchev–Trinajstić information content (AvgIpc) is 2.63. The molecule has 1 heterocycles. The number of rotatable bonds is 1. The molecule has 0 radical (unpaired) electrons. The molecule has 0 spiro atoms. The molecule has 4 nitrogen and oxygen atoms in total.